The molecule has 0 aliphatic heterocycles. The van der Waals surface area contributed by atoms with Gasteiger partial charge >= 0.3 is 0 Å². The number of hydrogen-bond acceptors (Lipinski definition) is 3. The molecule has 26 heavy (non-hydrogen) atoms. The molecule has 3 N–H and O–H groups in total. The highest BCUT2D eigenvalue weighted by molar-refractivity contribution is 6.37. The monoisotopic (exact) mass is 389 g/mol. The van der Waals surface area contributed by atoms with Crippen LogP contribution in [0.1, 0.15) is 12.5 Å². The lowest BCUT2D eigenvalue weighted by Crippen LogP contribution is -2.35. The molecule has 136 valence electrons. The fourth-order valence-corrected chi connectivity index (χ4v) is 3.72. The van der Waals surface area contributed by atoms with E-state index >= 15 is 0 Å². The van der Waals surface area contributed by atoms with Crippen molar-refractivity contribution in [2.45, 2.75) is 19.7 Å². The van der Waals surface area contributed by atoms with Crippen LogP contribution in [0.5, 0.6) is 0 Å². The lowest BCUT2D eigenvalue weighted by atomic mass is 10.0. The zero-order valence-electron chi connectivity index (χ0n) is 14.4. The molecule has 0 fully saturated rings. The largest absolute Gasteiger partial charge is 0.396 e. The molecule has 3 aromatic carbocycles. The topological polar surface area (TPSA) is 52.5 Å². The summed E-state index contributed by atoms with van der Waals surface area (Å²) in [6.45, 7) is 2.31. The van der Waals surface area contributed by atoms with Crippen LogP contribution in [0.15, 0.2) is 48.5 Å². The predicted molar refractivity (Wildman–Crippen MR) is 110 cm³/mol. The van der Waals surface area contributed by atoms with Gasteiger partial charge in [-0.3, -0.25) is 5.32 Å². The van der Waals surface area contributed by atoms with Crippen LogP contribution in [-0.4, -0.2) is 23.0 Å². The quantitative estimate of drug-likeness (QED) is 0.437. The Morgan fingerprint density at radius 2 is 1.73 bits per heavy atom. The van der Waals surface area contributed by atoms with Crippen LogP contribution >= 0.6 is 24.0 Å². The van der Waals surface area contributed by atoms with E-state index in [2.05, 4.69) is 41.7 Å². The smallest absolute Gasteiger partial charge is 0.109 e. The summed E-state index contributed by atoms with van der Waals surface area (Å²) in [5, 5.41) is 25.2. The maximum absolute atomic E-state index is 9.98. The minimum absolute atomic E-state index is 0. The maximum atomic E-state index is 9.98. The van der Waals surface area contributed by atoms with Crippen molar-refractivity contribution in [3.8, 4) is 22.3 Å². The predicted octanol–water partition coefficient (Wildman–Crippen LogP) is 4.60. The van der Waals surface area contributed by atoms with Gasteiger partial charge in [-0.25, -0.2) is 0 Å². The van der Waals surface area contributed by atoms with Gasteiger partial charge in [0, 0.05) is 29.5 Å². The summed E-state index contributed by atoms with van der Waals surface area (Å²) in [6.07, 6.45) is -0.724. The van der Waals surface area contributed by atoms with Crippen molar-refractivity contribution in [3.63, 3.8) is 0 Å². The van der Waals surface area contributed by atoms with Crippen molar-refractivity contribution >= 4 is 34.8 Å². The van der Waals surface area contributed by atoms with Crippen molar-refractivity contribution in [1.29, 1.82) is 0 Å². The second-order valence-electron chi connectivity index (χ2n) is 6.69. The second-order valence-corrected chi connectivity index (χ2v) is 7.10. The molecule has 4 rings (SSSR count). The Labute approximate surface area is 164 Å². The molecule has 0 spiro atoms. The SMILES string of the molecule is CC(CO)C(O)NCc1ccc2c(c1)-c1ccc(Cl)c3cccc-2c13.Cl. The van der Waals surface area contributed by atoms with Crippen LogP contribution in [0.2, 0.25) is 5.02 Å². The molecule has 0 bridgehead atoms. The number of benzene rings is 3. The molecule has 0 heterocycles. The first-order valence-electron chi connectivity index (χ1n) is 8.47. The number of fused-ring (bicyclic) bond motifs is 3. The summed E-state index contributed by atoms with van der Waals surface area (Å²) in [7, 11) is 0. The van der Waals surface area contributed by atoms with Gasteiger partial charge in [-0.2, -0.15) is 0 Å². The van der Waals surface area contributed by atoms with E-state index in [4.69, 9.17) is 16.7 Å². The number of nitrogens with one attached hydrogen (secondary N) is 1. The third kappa shape index (κ3) is 3.11. The summed E-state index contributed by atoms with van der Waals surface area (Å²) in [4.78, 5) is 0. The first-order valence-corrected chi connectivity index (χ1v) is 8.85. The van der Waals surface area contributed by atoms with Crippen LogP contribution in [0.25, 0.3) is 33.0 Å². The summed E-state index contributed by atoms with van der Waals surface area (Å²) < 4.78 is 0. The number of hydrogen-bond donors (Lipinski definition) is 3. The van der Waals surface area contributed by atoms with E-state index in [0.29, 0.717) is 6.54 Å². The third-order valence-electron chi connectivity index (χ3n) is 4.99. The number of aliphatic hydroxyl groups is 2. The highest BCUT2D eigenvalue weighted by Gasteiger charge is 2.22. The highest BCUT2D eigenvalue weighted by atomic mass is 35.5. The fourth-order valence-electron chi connectivity index (χ4n) is 3.50. The molecule has 0 aromatic heterocycles. The Kier molecular flexibility index (Phi) is 5.56. The van der Waals surface area contributed by atoms with Gasteiger partial charge in [0.05, 0.1) is 0 Å². The van der Waals surface area contributed by atoms with Crippen LogP contribution < -0.4 is 5.32 Å². The normalized spacial score (nSPS) is 14.0. The molecule has 0 radical (unpaired) electrons. The molecule has 2 atom stereocenters. The molecule has 5 heteroatoms. The van der Waals surface area contributed by atoms with Crippen molar-refractivity contribution < 1.29 is 10.2 Å². The Hall–Kier alpha value is -1.62. The summed E-state index contributed by atoms with van der Waals surface area (Å²) in [6, 6.07) is 16.7. The molecule has 3 aromatic rings. The zero-order valence-corrected chi connectivity index (χ0v) is 15.9. The van der Waals surface area contributed by atoms with Crippen molar-refractivity contribution in [2.24, 2.45) is 5.92 Å². The van der Waals surface area contributed by atoms with Crippen LogP contribution in [-0.2, 0) is 6.54 Å². The minimum atomic E-state index is -0.724. The average molecular weight is 390 g/mol. The van der Waals surface area contributed by atoms with Gasteiger partial charge in [0.2, 0.25) is 0 Å². The number of aliphatic hydroxyl groups excluding tert-OH is 2. The molecule has 1 aliphatic carbocycles. The second kappa shape index (κ2) is 7.55. The number of halogens is 2. The van der Waals surface area contributed by atoms with E-state index in [1.165, 1.54) is 27.6 Å². The lowest BCUT2D eigenvalue weighted by Gasteiger charge is -2.18. The zero-order chi connectivity index (χ0) is 17.6. The van der Waals surface area contributed by atoms with E-state index in [1.807, 2.05) is 12.1 Å². The molecule has 0 saturated heterocycles. The van der Waals surface area contributed by atoms with E-state index < -0.39 is 6.23 Å². The number of rotatable bonds is 5. The van der Waals surface area contributed by atoms with Gasteiger partial charge in [0.15, 0.2) is 0 Å². The van der Waals surface area contributed by atoms with Gasteiger partial charge in [0.25, 0.3) is 0 Å². The maximum Gasteiger partial charge on any atom is 0.109 e. The van der Waals surface area contributed by atoms with Crippen molar-refractivity contribution in [3.05, 3.63) is 59.1 Å². The summed E-state index contributed by atoms with van der Waals surface area (Å²) >= 11 is 6.37. The van der Waals surface area contributed by atoms with E-state index in [-0.39, 0.29) is 24.9 Å². The molecule has 3 nitrogen and oxygen atoms in total. The minimum Gasteiger partial charge on any atom is -0.396 e. The molecular formula is C21H21Cl2NO2. The molecule has 1 aliphatic rings. The highest BCUT2D eigenvalue weighted by Crippen LogP contribution is 2.48. The third-order valence-corrected chi connectivity index (χ3v) is 5.32. The standard InChI is InChI=1S/C21H20ClNO2.ClH/c1-12(11-24)21(25)23-10-13-5-6-14-15-3-2-4-17-19(22)8-7-16(20(15)17)18(14)9-13;/h2-9,12,21,23-25H,10-11H2,1H3;1H. The van der Waals surface area contributed by atoms with Gasteiger partial charge in [0.1, 0.15) is 6.23 Å². The van der Waals surface area contributed by atoms with E-state index in [1.54, 1.807) is 6.92 Å². The van der Waals surface area contributed by atoms with Crippen LogP contribution in [0, 0.1) is 5.92 Å². The van der Waals surface area contributed by atoms with Crippen LogP contribution in [0.3, 0.4) is 0 Å². The average Bonchev–Trinajstić information content (AvgIpc) is 2.96. The molecule has 2 unspecified atom stereocenters. The van der Waals surface area contributed by atoms with Crippen LogP contribution in [0.4, 0.5) is 0 Å². The van der Waals surface area contributed by atoms with Gasteiger partial charge in [-0.05, 0) is 45.3 Å². The van der Waals surface area contributed by atoms with Crippen molar-refractivity contribution in [2.75, 3.05) is 6.61 Å². The van der Waals surface area contributed by atoms with E-state index in [0.717, 1.165) is 16.0 Å². The first-order chi connectivity index (χ1) is 12.1. The molecular weight excluding hydrogens is 369 g/mol. The van der Waals surface area contributed by atoms with Gasteiger partial charge < -0.3 is 10.2 Å². The Morgan fingerprint density at radius 1 is 1.00 bits per heavy atom. The van der Waals surface area contributed by atoms with Crippen molar-refractivity contribution in [1.82, 2.24) is 5.32 Å². The Morgan fingerprint density at radius 3 is 2.50 bits per heavy atom. The van der Waals surface area contributed by atoms with Gasteiger partial charge in [-0.1, -0.05) is 54.9 Å². The van der Waals surface area contributed by atoms with E-state index in [9.17, 15) is 5.11 Å². The molecule has 0 saturated carbocycles. The molecule has 0 amide bonds. The van der Waals surface area contributed by atoms with Gasteiger partial charge in [-0.15, -0.1) is 12.4 Å². The fraction of sp³-hybridized carbons (Fsp3) is 0.238. The Bertz CT molecular complexity index is 958. The first kappa shape index (κ1) is 19.2. The summed E-state index contributed by atoms with van der Waals surface area (Å²) in [5.74, 6) is -0.199. The lowest BCUT2D eigenvalue weighted by molar-refractivity contribution is 0.0494. The summed E-state index contributed by atoms with van der Waals surface area (Å²) in [5.41, 5.74) is 5.94. The Balaban J connectivity index is 0.00000196.